The van der Waals surface area contributed by atoms with Gasteiger partial charge in [-0.2, -0.15) is 5.01 Å². The van der Waals surface area contributed by atoms with Crippen molar-refractivity contribution < 1.29 is 23.1 Å². The number of aliphatic hydroxyl groups is 1. The van der Waals surface area contributed by atoms with Crippen LogP contribution in [0.2, 0.25) is 0 Å². The van der Waals surface area contributed by atoms with Gasteiger partial charge in [0.15, 0.2) is 0 Å². The molecule has 4 atom stereocenters. The van der Waals surface area contributed by atoms with Gasteiger partial charge in [-0.3, -0.25) is 0 Å². The van der Waals surface area contributed by atoms with E-state index < -0.39 is 24.4 Å². The van der Waals surface area contributed by atoms with Crippen molar-refractivity contribution in [1.29, 1.82) is 0 Å². The van der Waals surface area contributed by atoms with Gasteiger partial charge in [0.2, 0.25) is 0 Å². The number of halogens is 3. The van der Waals surface area contributed by atoms with E-state index in [-0.39, 0.29) is 41.7 Å². The van der Waals surface area contributed by atoms with Crippen LogP contribution in [-0.2, 0) is 6.54 Å². The second-order valence-electron chi connectivity index (χ2n) is 12.0. The molecule has 1 fully saturated rings. The monoisotopic (exact) mass is 590 g/mol. The number of benzene rings is 2. The van der Waals surface area contributed by atoms with E-state index in [9.17, 15) is 18.0 Å². The highest BCUT2D eigenvalue weighted by Crippen LogP contribution is 2.33. The van der Waals surface area contributed by atoms with Crippen LogP contribution >= 0.6 is 0 Å². The van der Waals surface area contributed by atoms with Gasteiger partial charge in [0.05, 0.1) is 18.2 Å². The lowest BCUT2D eigenvalue weighted by Gasteiger charge is -2.35. The Hall–Kier alpha value is -3.15. The molecule has 2 aliphatic rings. The van der Waals surface area contributed by atoms with E-state index in [1.165, 1.54) is 6.07 Å². The summed E-state index contributed by atoms with van der Waals surface area (Å²) in [5, 5.41) is 13.7. The number of amides is 2. The molecule has 8 nitrogen and oxygen atoms in total. The smallest absolute Gasteiger partial charge is 0.317 e. The third kappa shape index (κ3) is 9.17. The van der Waals surface area contributed by atoms with E-state index in [1.807, 2.05) is 35.3 Å². The first-order chi connectivity index (χ1) is 19.9. The van der Waals surface area contributed by atoms with Gasteiger partial charge in [-0.25, -0.2) is 23.0 Å². The molecule has 0 aromatic heterocycles. The van der Waals surface area contributed by atoms with Crippen LogP contribution in [0, 0.1) is 23.0 Å². The first-order valence-electron chi connectivity index (χ1n) is 14.5. The predicted molar refractivity (Wildman–Crippen MR) is 159 cm³/mol. The topological polar surface area (TPSA) is 106 Å². The van der Waals surface area contributed by atoms with E-state index in [2.05, 4.69) is 38.4 Å². The number of rotatable bonds is 9. The minimum Gasteiger partial charge on any atom is -0.394 e. The van der Waals surface area contributed by atoms with Crippen molar-refractivity contribution in [2.75, 3.05) is 26.4 Å². The third-order valence-corrected chi connectivity index (χ3v) is 7.86. The van der Waals surface area contributed by atoms with Crippen LogP contribution in [0.25, 0.3) is 0 Å². The largest absolute Gasteiger partial charge is 0.394 e. The number of alkyl halides is 1. The molecular weight excluding hydrogens is 545 g/mol. The van der Waals surface area contributed by atoms with Crippen molar-refractivity contribution in [2.24, 2.45) is 22.1 Å². The number of aliphatic hydroxyl groups excluding tert-OH is 1. The van der Waals surface area contributed by atoms with Gasteiger partial charge in [-0.1, -0.05) is 58.0 Å². The Balaban J connectivity index is 0.000000260. The zero-order valence-electron chi connectivity index (χ0n) is 25.0. The number of nitrogens with two attached hydrogens (primary N) is 1. The summed E-state index contributed by atoms with van der Waals surface area (Å²) >= 11 is 0. The summed E-state index contributed by atoms with van der Waals surface area (Å²) < 4.78 is 39.9. The zero-order chi connectivity index (χ0) is 30.9. The third-order valence-electron chi connectivity index (χ3n) is 7.86. The summed E-state index contributed by atoms with van der Waals surface area (Å²) in [6, 6.07) is 12.7. The second-order valence-corrected chi connectivity index (χ2v) is 12.0. The SMILES string of the molecule is C[C@@H](C1N=C(c2cc(F)ccc2F)NN1Cc1ccccc1)C(C)(C)C.N[C@@H](CF)CCNC(=O)N1CCC[C@@H]1CO. The number of hydrogen-bond acceptors (Lipinski definition) is 6. The number of amidine groups is 1. The fraction of sp³-hybridized carbons (Fsp3) is 0.548. The Morgan fingerprint density at radius 1 is 1.21 bits per heavy atom. The molecule has 2 aliphatic heterocycles. The molecule has 0 bridgehead atoms. The molecule has 2 aromatic rings. The number of hydrazine groups is 1. The van der Waals surface area contributed by atoms with Gasteiger partial charge in [-0.15, -0.1) is 0 Å². The highest BCUT2D eigenvalue weighted by molar-refractivity contribution is 5.99. The van der Waals surface area contributed by atoms with Crippen molar-refractivity contribution in [3.05, 3.63) is 71.3 Å². The molecule has 0 aliphatic carbocycles. The normalized spacial score (nSPS) is 20.3. The molecule has 1 unspecified atom stereocenters. The molecule has 2 aromatic carbocycles. The Morgan fingerprint density at radius 3 is 2.57 bits per heavy atom. The number of carbonyl (C=O) groups is 1. The van der Waals surface area contributed by atoms with Crippen LogP contribution in [0.5, 0.6) is 0 Å². The maximum absolute atomic E-state index is 14.2. The highest BCUT2D eigenvalue weighted by Gasteiger charge is 2.37. The van der Waals surface area contributed by atoms with Crippen molar-refractivity contribution >= 4 is 11.9 Å². The van der Waals surface area contributed by atoms with Gasteiger partial charge in [0, 0.05) is 25.7 Å². The van der Waals surface area contributed by atoms with Crippen LogP contribution in [0.4, 0.5) is 18.0 Å². The van der Waals surface area contributed by atoms with Crippen LogP contribution < -0.4 is 16.5 Å². The first-order valence-corrected chi connectivity index (χ1v) is 14.5. The van der Waals surface area contributed by atoms with E-state index in [4.69, 9.17) is 15.8 Å². The summed E-state index contributed by atoms with van der Waals surface area (Å²) in [7, 11) is 0. The summed E-state index contributed by atoms with van der Waals surface area (Å²) in [4.78, 5) is 18.0. The minimum atomic E-state index is -0.571. The Kier molecular flexibility index (Phi) is 12.2. The van der Waals surface area contributed by atoms with Crippen LogP contribution in [0.15, 0.2) is 53.5 Å². The molecule has 4 rings (SSSR count). The molecule has 2 heterocycles. The standard InChI is InChI=1S/C21H25F2N3.C10H20FN3O2/c1-14(21(2,3)4)20-24-19(17-12-16(22)10-11-18(17)23)25-26(20)13-15-8-6-5-7-9-15;11-6-8(12)3-4-13-10(16)14-5-1-2-9(14)7-15/h5-12,14,20H,13H2,1-4H3,(H,24,25);8-9,15H,1-7,12H2,(H,13,16)/t14-,20?;8-,9-/m01/s1. The molecule has 1 saturated heterocycles. The number of nitrogens with zero attached hydrogens (tertiary/aromatic N) is 3. The van der Waals surface area contributed by atoms with Crippen molar-refractivity contribution in [3.8, 4) is 0 Å². The average Bonchev–Trinajstić information content (AvgIpc) is 3.61. The molecule has 0 saturated carbocycles. The lowest BCUT2D eigenvalue weighted by molar-refractivity contribution is 0.0797. The lowest BCUT2D eigenvalue weighted by atomic mass is 9.80. The number of likely N-dealkylation sites (tertiary alicyclic amines) is 1. The van der Waals surface area contributed by atoms with Crippen molar-refractivity contribution in [2.45, 2.75) is 71.8 Å². The Bertz CT molecular complexity index is 1180. The number of urea groups is 1. The number of carbonyl (C=O) groups excluding carboxylic acids is 1. The maximum Gasteiger partial charge on any atom is 0.317 e. The number of aliphatic imine (C=N–C) groups is 1. The molecule has 0 spiro atoms. The van der Waals surface area contributed by atoms with Crippen LogP contribution in [0.3, 0.4) is 0 Å². The van der Waals surface area contributed by atoms with Crippen LogP contribution in [-0.4, -0.2) is 71.5 Å². The average molecular weight is 591 g/mol. The minimum absolute atomic E-state index is 0.00257. The van der Waals surface area contributed by atoms with E-state index in [0.717, 1.165) is 30.5 Å². The fourth-order valence-electron chi connectivity index (χ4n) is 4.82. The van der Waals surface area contributed by atoms with Gasteiger partial charge in [0.25, 0.3) is 0 Å². The van der Waals surface area contributed by atoms with Gasteiger partial charge in [0.1, 0.15) is 30.3 Å². The van der Waals surface area contributed by atoms with E-state index in [0.29, 0.717) is 31.9 Å². The first kappa shape index (κ1) is 33.4. The molecule has 232 valence electrons. The van der Waals surface area contributed by atoms with Gasteiger partial charge in [-0.05, 0) is 54.4 Å². The maximum atomic E-state index is 14.2. The molecular formula is C31H45F3N6O2. The van der Waals surface area contributed by atoms with E-state index in [1.54, 1.807) is 4.90 Å². The summed E-state index contributed by atoms with van der Waals surface area (Å²) in [5.41, 5.74) is 9.89. The quantitative estimate of drug-likeness (QED) is 0.342. The Morgan fingerprint density at radius 2 is 1.93 bits per heavy atom. The van der Waals surface area contributed by atoms with Gasteiger partial charge < -0.3 is 26.5 Å². The molecule has 0 radical (unpaired) electrons. The van der Waals surface area contributed by atoms with Crippen LogP contribution in [0.1, 0.15) is 58.1 Å². The summed E-state index contributed by atoms with van der Waals surface area (Å²) in [6.07, 6.45) is 2.02. The van der Waals surface area contributed by atoms with Gasteiger partial charge >= 0.3 is 6.03 Å². The van der Waals surface area contributed by atoms with Crippen molar-refractivity contribution in [3.63, 3.8) is 0 Å². The second kappa shape index (κ2) is 15.4. The lowest BCUT2D eigenvalue weighted by Crippen LogP contribution is -2.45. The fourth-order valence-corrected chi connectivity index (χ4v) is 4.82. The summed E-state index contributed by atoms with van der Waals surface area (Å²) in [5.74, 6) is -0.388. The zero-order valence-corrected chi connectivity index (χ0v) is 25.0. The molecule has 42 heavy (non-hydrogen) atoms. The molecule has 5 N–H and O–H groups in total. The summed E-state index contributed by atoms with van der Waals surface area (Å²) in [6.45, 7) is 9.72. The predicted octanol–water partition coefficient (Wildman–Crippen LogP) is 4.58. The Labute approximate surface area is 247 Å². The molecule has 11 heteroatoms. The molecule has 2 amide bonds. The van der Waals surface area contributed by atoms with E-state index >= 15 is 0 Å². The highest BCUT2D eigenvalue weighted by atomic mass is 19.1. The number of hydrogen-bond donors (Lipinski definition) is 4. The van der Waals surface area contributed by atoms with Crippen molar-refractivity contribution in [1.82, 2.24) is 20.7 Å². The number of nitrogens with one attached hydrogen (secondary N) is 2.